The minimum atomic E-state index is 0.251. The van der Waals surface area contributed by atoms with Gasteiger partial charge in [0.1, 0.15) is 11.5 Å². The largest absolute Gasteiger partial charge is 0.493 e. The van der Waals surface area contributed by atoms with Crippen LogP contribution in [0.15, 0.2) is 22.7 Å². The molecule has 1 rings (SSSR count). The maximum absolute atomic E-state index is 10.8. The zero-order valence-electron chi connectivity index (χ0n) is 11.3. The molecule has 0 aliphatic heterocycles. The highest BCUT2D eigenvalue weighted by Crippen LogP contribution is 2.29. The Labute approximate surface area is 118 Å². The molecule has 0 bridgehead atoms. The van der Waals surface area contributed by atoms with Gasteiger partial charge in [-0.05, 0) is 49.4 Å². The first-order chi connectivity index (χ1) is 8.50. The quantitative estimate of drug-likeness (QED) is 0.681. The summed E-state index contributed by atoms with van der Waals surface area (Å²) in [5, 5.41) is 0. The lowest BCUT2D eigenvalue weighted by atomic mass is 10.0. The smallest absolute Gasteiger partial charge is 0.129 e. The summed E-state index contributed by atoms with van der Waals surface area (Å²) in [6.07, 6.45) is 2.48. The molecule has 0 saturated carbocycles. The average molecular weight is 313 g/mol. The van der Waals surface area contributed by atoms with Crippen molar-refractivity contribution >= 4 is 21.7 Å². The molecular formula is C15H21BrO2. The molecule has 2 nitrogen and oxygen atoms in total. The van der Waals surface area contributed by atoms with Crippen LogP contribution in [0.25, 0.3) is 0 Å². The summed E-state index contributed by atoms with van der Waals surface area (Å²) in [5.74, 6) is 1.65. The average Bonchev–Trinajstić information content (AvgIpc) is 2.29. The van der Waals surface area contributed by atoms with Crippen molar-refractivity contribution in [3.8, 4) is 5.75 Å². The number of benzene rings is 1. The molecule has 0 fully saturated rings. The van der Waals surface area contributed by atoms with E-state index in [9.17, 15) is 4.79 Å². The van der Waals surface area contributed by atoms with Crippen LogP contribution in [-0.2, 0) is 4.79 Å². The third-order valence-corrected chi connectivity index (χ3v) is 3.27. The van der Waals surface area contributed by atoms with Gasteiger partial charge >= 0.3 is 0 Å². The predicted octanol–water partition coefficient (Wildman–Crippen LogP) is 4.71. The molecule has 0 N–H and O–H groups in total. The van der Waals surface area contributed by atoms with Crippen LogP contribution in [0.4, 0.5) is 0 Å². The second-order valence-corrected chi connectivity index (χ2v) is 5.76. The van der Waals surface area contributed by atoms with Gasteiger partial charge in [0.2, 0.25) is 0 Å². The van der Waals surface area contributed by atoms with Crippen LogP contribution in [-0.4, -0.2) is 12.4 Å². The SMILES string of the molecule is CC(=O)CCCCOc1ccc(Br)cc1C(C)C. The molecule has 0 spiro atoms. The van der Waals surface area contributed by atoms with E-state index in [1.807, 2.05) is 12.1 Å². The van der Waals surface area contributed by atoms with Gasteiger partial charge in [-0.1, -0.05) is 29.8 Å². The normalized spacial score (nSPS) is 10.7. The van der Waals surface area contributed by atoms with Crippen molar-refractivity contribution in [3.05, 3.63) is 28.2 Å². The summed E-state index contributed by atoms with van der Waals surface area (Å²) in [6.45, 7) is 6.62. The van der Waals surface area contributed by atoms with Crippen molar-refractivity contribution in [2.75, 3.05) is 6.61 Å². The van der Waals surface area contributed by atoms with E-state index in [2.05, 4.69) is 35.8 Å². The third-order valence-electron chi connectivity index (χ3n) is 2.77. The lowest BCUT2D eigenvalue weighted by molar-refractivity contribution is -0.117. The van der Waals surface area contributed by atoms with Crippen molar-refractivity contribution in [1.82, 2.24) is 0 Å². The first kappa shape index (κ1) is 15.2. The van der Waals surface area contributed by atoms with Gasteiger partial charge in [0.15, 0.2) is 0 Å². The summed E-state index contributed by atoms with van der Waals surface area (Å²) >= 11 is 3.48. The molecule has 0 aromatic heterocycles. The summed E-state index contributed by atoms with van der Waals surface area (Å²) in [4.78, 5) is 10.8. The van der Waals surface area contributed by atoms with E-state index >= 15 is 0 Å². The number of halogens is 1. The van der Waals surface area contributed by atoms with Crippen LogP contribution >= 0.6 is 15.9 Å². The highest BCUT2D eigenvalue weighted by molar-refractivity contribution is 9.10. The molecule has 1 aromatic carbocycles. The lowest BCUT2D eigenvalue weighted by Gasteiger charge is -2.14. The summed E-state index contributed by atoms with van der Waals surface area (Å²) in [5.41, 5.74) is 1.22. The van der Waals surface area contributed by atoms with E-state index < -0.39 is 0 Å². The van der Waals surface area contributed by atoms with Gasteiger partial charge in [-0.25, -0.2) is 0 Å². The number of rotatable bonds is 7. The van der Waals surface area contributed by atoms with E-state index in [4.69, 9.17) is 4.74 Å². The number of hydrogen-bond acceptors (Lipinski definition) is 2. The van der Waals surface area contributed by atoms with Crippen LogP contribution in [0.1, 0.15) is 51.5 Å². The van der Waals surface area contributed by atoms with E-state index in [1.54, 1.807) is 6.92 Å². The zero-order valence-corrected chi connectivity index (χ0v) is 12.9. The van der Waals surface area contributed by atoms with Gasteiger partial charge < -0.3 is 9.53 Å². The fourth-order valence-corrected chi connectivity index (χ4v) is 2.14. The standard InChI is InChI=1S/C15H21BrO2/c1-11(2)14-10-13(16)7-8-15(14)18-9-5-4-6-12(3)17/h7-8,10-11H,4-6,9H2,1-3H3. The minimum Gasteiger partial charge on any atom is -0.493 e. The van der Waals surface area contributed by atoms with E-state index in [-0.39, 0.29) is 5.78 Å². The Hall–Kier alpha value is -0.830. The lowest BCUT2D eigenvalue weighted by Crippen LogP contribution is -2.02. The second-order valence-electron chi connectivity index (χ2n) is 4.84. The molecule has 0 atom stereocenters. The van der Waals surface area contributed by atoms with Crippen molar-refractivity contribution in [1.29, 1.82) is 0 Å². The van der Waals surface area contributed by atoms with Gasteiger partial charge in [-0.2, -0.15) is 0 Å². The van der Waals surface area contributed by atoms with Crippen molar-refractivity contribution < 1.29 is 9.53 Å². The zero-order chi connectivity index (χ0) is 13.5. The maximum atomic E-state index is 10.8. The van der Waals surface area contributed by atoms with Crippen molar-refractivity contribution in [2.24, 2.45) is 0 Å². The molecule has 1 aromatic rings. The number of hydrogen-bond donors (Lipinski definition) is 0. The van der Waals surface area contributed by atoms with Crippen LogP contribution in [0, 0.1) is 0 Å². The molecule has 3 heteroatoms. The Morgan fingerprint density at radius 3 is 2.67 bits per heavy atom. The van der Waals surface area contributed by atoms with Gasteiger partial charge in [0.25, 0.3) is 0 Å². The second kappa shape index (κ2) is 7.57. The molecule has 0 saturated heterocycles. The first-order valence-corrected chi connectivity index (χ1v) is 7.21. The molecule has 0 unspecified atom stereocenters. The summed E-state index contributed by atoms with van der Waals surface area (Å²) in [6, 6.07) is 6.11. The first-order valence-electron chi connectivity index (χ1n) is 6.42. The Morgan fingerprint density at radius 1 is 1.33 bits per heavy atom. The van der Waals surface area contributed by atoms with Gasteiger partial charge in [0, 0.05) is 10.9 Å². The van der Waals surface area contributed by atoms with Gasteiger partial charge in [-0.3, -0.25) is 0 Å². The number of ketones is 1. The number of carbonyl (C=O) groups excluding carboxylic acids is 1. The Balaban J connectivity index is 2.49. The molecule has 0 aliphatic carbocycles. The van der Waals surface area contributed by atoms with E-state index in [0.29, 0.717) is 18.9 Å². The molecule has 0 aliphatic rings. The van der Waals surface area contributed by atoms with Crippen LogP contribution in [0.5, 0.6) is 5.75 Å². The van der Waals surface area contributed by atoms with Crippen LogP contribution in [0.2, 0.25) is 0 Å². The molecule has 0 heterocycles. The summed E-state index contributed by atoms with van der Waals surface area (Å²) in [7, 11) is 0. The topological polar surface area (TPSA) is 26.3 Å². The van der Waals surface area contributed by atoms with Crippen molar-refractivity contribution in [3.63, 3.8) is 0 Å². The maximum Gasteiger partial charge on any atom is 0.129 e. The van der Waals surface area contributed by atoms with E-state index in [1.165, 1.54) is 5.56 Å². The molecule has 0 radical (unpaired) electrons. The fraction of sp³-hybridized carbons (Fsp3) is 0.533. The van der Waals surface area contributed by atoms with Crippen LogP contribution in [0.3, 0.4) is 0 Å². The molecule has 100 valence electrons. The van der Waals surface area contributed by atoms with Crippen LogP contribution < -0.4 is 4.74 Å². The highest BCUT2D eigenvalue weighted by Gasteiger charge is 2.08. The number of Topliss-reactive ketones (excluding diaryl/α,β-unsaturated/α-hetero) is 1. The predicted molar refractivity (Wildman–Crippen MR) is 78.3 cm³/mol. The minimum absolute atomic E-state index is 0.251. The Morgan fingerprint density at radius 2 is 2.06 bits per heavy atom. The van der Waals surface area contributed by atoms with Gasteiger partial charge in [0.05, 0.1) is 6.61 Å². The monoisotopic (exact) mass is 312 g/mol. The number of carbonyl (C=O) groups is 1. The molecule has 0 amide bonds. The molecule has 18 heavy (non-hydrogen) atoms. The van der Waals surface area contributed by atoms with E-state index in [0.717, 1.165) is 23.1 Å². The van der Waals surface area contributed by atoms with Crippen molar-refractivity contribution in [2.45, 2.75) is 46.0 Å². The highest BCUT2D eigenvalue weighted by atomic mass is 79.9. The van der Waals surface area contributed by atoms with Gasteiger partial charge in [-0.15, -0.1) is 0 Å². The Bertz CT molecular complexity index is 399. The summed E-state index contributed by atoms with van der Waals surface area (Å²) < 4.78 is 6.88. The number of ether oxygens (including phenoxy) is 1. The Kier molecular flexibility index (Phi) is 6.41. The third kappa shape index (κ3) is 5.21. The number of unbranched alkanes of at least 4 members (excludes halogenated alkanes) is 1. The fourth-order valence-electron chi connectivity index (χ4n) is 1.76. The molecular weight excluding hydrogens is 292 g/mol.